The van der Waals surface area contributed by atoms with Gasteiger partial charge in [0.15, 0.2) is 0 Å². The number of nitrogens with one attached hydrogen (secondary N) is 1. The molecule has 1 N–H and O–H groups in total. The summed E-state index contributed by atoms with van der Waals surface area (Å²) in [6.45, 7) is 2.41. The molecular weight excluding hydrogens is 298 g/mol. The predicted octanol–water partition coefficient (Wildman–Crippen LogP) is 2.76. The van der Waals surface area contributed by atoms with Gasteiger partial charge in [0.2, 0.25) is 0 Å². The lowest BCUT2D eigenvalue weighted by atomic mass is 10.2. The third kappa shape index (κ3) is 4.37. The summed E-state index contributed by atoms with van der Waals surface area (Å²) in [5, 5.41) is 14.4. The highest BCUT2D eigenvalue weighted by molar-refractivity contribution is 5.95. The summed E-state index contributed by atoms with van der Waals surface area (Å²) < 4.78 is 5.45. The molecule has 0 unspecified atom stereocenters. The molecule has 0 fully saturated rings. The van der Waals surface area contributed by atoms with Crippen LogP contribution in [0.4, 0.5) is 5.69 Å². The Hall–Kier alpha value is -3.22. The lowest BCUT2D eigenvalue weighted by Gasteiger charge is -2.05. The van der Waals surface area contributed by atoms with Crippen molar-refractivity contribution in [3.05, 3.63) is 69.8 Å². The van der Waals surface area contributed by atoms with E-state index in [0.29, 0.717) is 12.4 Å². The van der Waals surface area contributed by atoms with Gasteiger partial charge in [-0.25, -0.2) is 5.43 Å². The lowest BCUT2D eigenvalue weighted by molar-refractivity contribution is -0.384. The number of hydrogen-bond acceptors (Lipinski definition) is 5. The molecule has 1 amide bonds. The predicted molar refractivity (Wildman–Crippen MR) is 85.8 cm³/mol. The van der Waals surface area contributed by atoms with Crippen LogP contribution < -0.4 is 10.2 Å². The van der Waals surface area contributed by atoms with Crippen LogP contribution >= 0.6 is 0 Å². The van der Waals surface area contributed by atoms with Crippen molar-refractivity contribution in [3.8, 4) is 5.75 Å². The van der Waals surface area contributed by atoms with Crippen LogP contribution in [0.1, 0.15) is 22.8 Å². The van der Waals surface area contributed by atoms with Crippen molar-refractivity contribution in [3.63, 3.8) is 0 Å². The first-order chi connectivity index (χ1) is 11.1. The number of benzene rings is 2. The van der Waals surface area contributed by atoms with Crippen LogP contribution in [-0.4, -0.2) is 23.7 Å². The van der Waals surface area contributed by atoms with E-state index in [0.717, 1.165) is 5.56 Å². The first-order valence-corrected chi connectivity index (χ1v) is 6.91. The number of rotatable bonds is 6. The van der Waals surface area contributed by atoms with Gasteiger partial charge in [0.1, 0.15) is 5.75 Å². The zero-order chi connectivity index (χ0) is 16.7. The van der Waals surface area contributed by atoms with E-state index in [9.17, 15) is 14.9 Å². The Balaban J connectivity index is 2.02. The molecule has 2 rings (SSSR count). The van der Waals surface area contributed by atoms with Crippen molar-refractivity contribution in [2.24, 2.45) is 5.10 Å². The molecule has 0 atom stereocenters. The summed E-state index contributed by atoms with van der Waals surface area (Å²) in [6.07, 6.45) is 1.48. The number of nitro groups is 1. The number of carbonyl (C=O) groups is 1. The molecule has 0 aromatic heterocycles. The molecule has 0 saturated carbocycles. The average Bonchev–Trinajstić information content (AvgIpc) is 2.56. The smallest absolute Gasteiger partial charge is 0.271 e. The maximum atomic E-state index is 11.9. The number of nitro benzene ring substituents is 1. The van der Waals surface area contributed by atoms with Gasteiger partial charge in [0.25, 0.3) is 11.6 Å². The van der Waals surface area contributed by atoms with Crippen molar-refractivity contribution in [1.29, 1.82) is 0 Å². The minimum Gasteiger partial charge on any atom is -0.493 e. The number of amides is 1. The van der Waals surface area contributed by atoms with E-state index >= 15 is 0 Å². The Kier molecular flexibility index (Phi) is 5.40. The van der Waals surface area contributed by atoms with Crippen molar-refractivity contribution in [1.82, 2.24) is 5.43 Å². The van der Waals surface area contributed by atoms with Gasteiger partial charge in [-0.05, 0) is 31.2 Å². The summed E-state index contributed by atoms with van der Waals surface area (Å²) in [5.41, 5.74) is 3.31. The third-order valence-corrected chi connectivity index (χ3v) is 2.93. The van der Waals surface area contributed by atoms with E-state index in [2.05, 4.69) is 10.5 Å². The molecule has 0 aliphatic carbocycles. The van der Waals surface area contributed by atoms with Gasteiger partial charge < -0.3 is 4.74 Å². The molecule has 0 radical (unpaired) electrons. The molecule has 2 aromatic rings. The number of ether oxygens (including phenoxy) is 1. The van der Waals surface area contributed by atoms with Gasteiger partial charge in [-0.15, -0.1) is 0 Å². The van der Waals surface area contributed by atoms with E-state index in [1.54, 1.807) is 0 Å². The quantitative estimate of drug-likeness (QED) is 0.504. The highest BCUT2D eigenvalue weighted by Crippen LogP contribution is 2.15. The SMILES string of the molecule is CCOc1ccccc1C=NNC(=O)c1ccc([N+](=O)[O-])cc1. The maximum absolute atomic E-state index is 11.9. The Morgan fingerprint density at radius 2 is 1.96 bits per heavy atom. The summed E-state index contributed by atoms with van der Waals surface area (Å²) in [5.74, 6) is 0.216. The summed E-state index contributed by atoms with van der Waals surface area (Å²) in [7, 11) is 0. The number of nitrogens with zero attached hydrogens (tertiary/aromatic N) is 2. The second kappa shape index (κ2) is 7.69. The summed E-state index contributed by atoms with van der Waals surface area (Å²) in [6, 6.07) is 12.6. The Morgan fingerprint density at radius 1 is 1.26 bits per heavy atom. The van der Waals surface area contributed by atoms with E-state index in [-0.39, 0.29) is 11.3 Å². The van der Waals surface area contributed by atoms with Crippen LogP contribution in [0.5, 0.6) is 5.75 Å². The van der Waals surface area contributed by atoms with Crippen LogP contribution in [0.3, 0.4) is 0 Å². The molecular formula is C16H15N3O4. The zero-order valence-electron chi connectivity index (χ0n) is 12.4. The fourth-order valence-electron chi connectivity index (χ4n) is 1.83. The minimum absolute atomic E-state index is 0.0734. The molecule has 7 heteroatoms. The molecule has 23 heavy (non-hydrogen) atoms. The maximum Gasteiger partial charge on any atom is 0.271 e. The molecule has 2 aromatic carbocycles. The summed E-state index contributed by atoms with van der Waals surface area (Å²) >= 11 is 0. The molecule has 0 bridgehead atoms. The van der Waals surface area contributed by atoms with Crippen LogP contribution in [-0.2, 0) is 0 Å². The largest absolute Gasteiger partial charge is 0.493 e. The number of para-hydroxylation sites is 1. The highest BCUT2D eigenvalue weighted by Gasteiger charge is 2.08. The number of hydrogen-bond donors (Lipinski definition) is 1. The molecule has 0 spiro atoms. The standard InChI is InChI=1S/C16H15N3O4/c1-2-23-15-6-4-3-5-13(15)11-17-18-16(20)12-7-9-14(10-8-12)19(21)22/h3-11H,2H2,1H3,(H,18,20). The van der Waals surface area contributed by atoms with Gasteiger partial charge in [0, 0.05) is 23.3 Å². The van der Waals surface area contributed by atoms with Crippen LogP contribution in [0.25, 0.3) is 0 Å². The molecule has 0 heterocycles. The second-order valence-corrected chi connectivity index (χ2v) is 4.47. The first-order valence-electron chi connectivity index (χ1n) is 6.91. The lowest BCUT2D eigenvalue weighted by Crippen LogP contribution is -2.17. The summed E-state index contributed by atoms with van der Waals surface area (Å²) in [4.78, 5) is 21.9. The molecule has 7 nitrogen and oxygen atoms in total. The normalized spacial score (nSPS) is 10.5. The average molecular weight is 313 g/mol. The highest BCUT2D eigenvalue weighted by atomic mass is 16.6. The fraction of sp³-hybridized carbons (Fsp3) is 0.125. The molecule has 0 aliphatic rings. The number of carbonyl (C=O) groups excluding carboxylic acids is 1. The minimum atomic E-state index is -0.523. The Labute approximate surface area is 132 Å². The van der Waals surface area contributed by atoms with Gasteiger partial charge in [0.05, 0.1) is 17.7 Å². The van der Waals surface area contributed by atoms with E-state index in [1.165, 1.54) is 30.5 Å². The van der Waals surface area contributed by atoms with Crippen molar-refractivity contribution in [2.75, 3.05) is 6.61 Å². The monoisotopic (exact) mass is 313 g/mol. The number of hydrazone groups is 1. The van der Waals surface area contributed by atoms with Gasteiger partial charge in [-0.1, -0.05) is 12.1 Å². The van der Waals surface area contributed by atoms with Gasteiger partial charge in [-0.2, -0.15) is 5.10 Å². The van der Waals surface area contributed by atoms with Crippen LogP contribution in [0.2, 0.25) is 0 Å². The Bertz CT molecular complexity index is 726. The van der Waals surface area contributed by atoms with Gasteiger partial charge >= 0.3 is 0 Å². The van der Waals surface area contributed by atoms with E-state index in [4.69, 9.17) is 4.74 Å². The third-order valence-electron chi connectivity index (χ3n) is 2.93. The topological polar surface area (TPSA) is 93.8 Å². The number of non-ortho nitro benzene ring substituents is 1. The Morgan fingerprint density at radius 3 is 2.61 bits per heavy atom. The van der Waals surface area contributed by atoms with E-state index < -0.39 is 10.8 Å². The second-order valence-electron chi connectivity index (χ2n) is 4.47. The van der Waals surface area contributed by atoms with Crippen LogP contribution in [0, 0.1) is 10.1 Å². The first kappa shape index (κ1) is 16.2. The molecule has 0 aliphatic heterocycles. The van der Waals surface area contributed by atoms with Crippen LogP contribution in [0.15, 0.2) is 53.6 Å². The molecule has 0 saturated heterocycles. The zero-order valence-corrected chi connectivity index (χ0v) is 12.4. The fourth-order valence-corrected chi connectivity index (χ4v) is 1.83. The molecule has 118 valence electrons. The van der Waals surface area contributed by atoms with Crippen molar-refractivity contribution >= 4 is 17.8 Å². The van der Waals surface area contributed by atoms with Gasteiger partial charge in [-0.3, -0.25) is 14.9 Å². The van der Waals surface area contributed by atoms with Crippen molar-refractivity contribution < 1.29 is 14.5 Å². The van der Waals surface area contributed by atoms with E-state index in [1.807, 2.05) is 31.2 Å². The van der Waals surface area contributed by atoms with Crippen molar-refractivity contribution in [2.45, 2.75) is 6.92 Å².